The van der Waals surface area contributed by atoms with Crippen LogP contribution >= 0.6 is 0 Å². The lowest BCUT2D eigenvalue weighted by Gasteiger charge is -2.19. The monoisotopic (exact) mass is 392 g/mol. The molecular formula is C23H36O5. The Hall–Kier alpha value is -1.88. The number of unbranched alkanes of at least 4 members (excludes halogenated alkanes) is 3. The zero-order valence-corrected chi connectivity index (χ0v) is 17.3. The van der Waals surface area contributed by atoms with Crippen molar-refractivity contribution in [3.8, 4) is 0 Å². The smallest absolute Gasteiger partial charge is 0.306 e. The molecule has 0 aliphatic heterocycles. The number of esters is 1. The number of aliphatic hydroxyl groups is 1. The molecule has 0 aromatic heterocycles. The number of ether oxygens (including phenoxy) is 1. The minimum absolute atomic E-state index is 0.0299. The van der Waals surface area contributed by atoms with E-state index in [9.17, 15) is 14.7 Å². The molecule has 0 aromatic rings. The van der Waals surface area contributed by atoms with E-state index in [0.717, 1.165) is 38.5 Å². The van der Waals surface area contributed by atoms with E-state index in [4.69, 9.17) is 9.84 Å². The van der Waals surface area contributed by atoms with Crippen molar-refractivity contribution >= 4 is 11.9 Å². The lowest BCUT2D eigenvalue weighted by Crippen LogP contribution is -2.20. The first-order valence-corrected chi connectivity index (χ1v) is 10.6. The first kappa shape index (κ1) is 24.2. The van der Waals surface area contributed by atoms with Gasteiger partial charge in [0, 0.05) is 18.8 Å². The van der Waals surface area contributed by atoms with Crippen LogP contribution < -0.4 is 0 Å². The van der Waals surface area contributed by atoms with Gasteiger partial charge in [0.05, 0.1) is 6.10 Å². The Morgan fingerprint density at radius 1 is 1.14 bits per heavy atom. The van der Waals surface area contributed by atoms with Gasteiger partial charge in [0.25, 0.3) is 0 Å². The molecule has 1 rings (SSSR count). The second kappa shape index (κ2) is 14.2. The predicted octanol–water partition coefficient (Wildman–Crippen LogP) is 4.81. The lowest BCUT2D eigenvalue weighted by atomic mass is 9.90. The van der Waals surface area contributed by atoms with Crippen LogP contribution in [0, 0.1) is 11.8 Å². The van der Waals surface area contributed by atoms with E-state index in [1.807, 2.05) is 30.4 Å². The van der Waals surface area contributed by atoms with Crippen molar-refractivity contribution in [3.63, 3.8) is 0 Å². The number of aliphatic carboxylic acids is 1. The molecule has 0 heterocycles. The molecule has 0 spiro atoms. The fourth-order valence-corrected chi connectivity index (χ4v) is 3.30. The summed E-state index contributed by atoms with van der Waals surface area (Å²) in [7, 11) is 0. The van der Waals surface area contributed by atoms with E-state index in [0.29, 0.717) is 12.8 Å². The zero-order chi connectivity index (χ0) is 20.8. The second-order valence-electron chi connectivity index (χ2n) is 7.37. The van der Waals surface area contributed by atoms with Crippen LogP contribution in [0.25, 0.3) is 0 Å². The predicted molar refractivity (Wildman–Crippen MR) is 111 cm³/mol. The third-order valence-electron chi connectivity index (χ3n) is 4.99. The van der Waals surface area contributed by atoms with Crippen LogP contribution in [0.2, 0.25) is 0 Å². The maximum Gasteiger partial charge on any atom is 0.306 e. The standard InChI is InChI=1S/C23H36O5/c1-3-5-8-12-19(28-23(27)4-2)15-16-20-18(14-17-21(20)24)11-9-6-7-10-13-22(25)26/h6,9,14-21,24H,3-5,7-8,10-13H2,1-2H3,(H,25,26)/b9-6-,16-15+/t18-,19-,20+,21?/m0/s1. The number of carboxylic acids is 1. The van der Waals surface area contributed by atoms with Gasteiger partial charge in [-0.05, 0) is 44.1 Å². The number of allylic oxidation sites excluding steroid dienone is 3. The minimum atomic E-state index is -0.766. The third-order valence-corrected chi connectivity index (χ3v) is 4.99. The quantitative estimate of drug-likeness (QED) is 0.252. The topological polar surface area (TPSA) is 83.8 Å². The molecule has 0 fully saturated rings. The summed E-state index contributed by atoms with van der Waals surface area (Å²) in [6, 6.07) is 0. The number of carboxylic acid groups (broad SMARTS) is 1. The second-order valence-corrected chi connectivity index (χ2v) is 7.37. The van der Waals surface area contributed by atoms with Gasteiger partial charge >= 0.3 is 11.9 Å². The summed E-state index contributed by atoms with van der Waals surface area (Å²) in [6.07, 6.45) is 17.9. The van der Waals surface area contributed by atoms with Crippen LogP contribution in [-0.2, 0) is 14.3 Å². The highest BCUT2D eigenvalue weighted by Crippen LogP contribution is 2.30. The number of rotatable bonds is 14. The average Bonchev–Trinajstić information content (AvgIpc) is 3.01. The Kier molecular flexibility index (Phi) is 12.2. The van der Waals surface area contributed by atoms with Crippen molar-refractivity contribution in [2.45, 2.75) is 83.8 Å². The third kappa shape index (κ3) is 9.88. The van der Waals surface area contributed by atoms with Crippen molar-refractivity contribution in [1.29, 1.82) is 0 Å². The molecule has 1 unspecified atom stereocenters. The van der Waals surface area contributed by atoms with Gasteiger partial charge in [-0.2, -0.15) is 0 Å². The lowest BCUT2D eigenvalue weighted by molar-refractivity contribution is -0.146. The van der Waals surface area contributed by atoms with Crippen LogP contribution in [0.5, 0.6) is 0 Å². The number of aliphatic hydroxyl groups excluding tert-OH is 1. The fraction of sp³-hybridized carbons (Fsp3) is 0.652. The van der Waals surface area contributed by atoms with Gasteiger partial charge < -0.3 is 14.9 Å². The van der Waals surface area contributed by atoms with Crippen molar-refractivity contribution in [2.24, 2.45) is 11.8 Å². The van der Waals surface area contributed by atoms with Crippen molar-refractivity contribution in [3.05, 3.63) is 36.5 Å². The summed E-state index contributed by atoms with van der Waals surface area (Å²) in [4.78, 5) is 22.2. The van der Waals surface area contributed by atoms with Crippen LogP contribution in [0.3, 0.4) is 0 Å². The molecule has 4 atom stereocenters. The molecule has 0 bridgehead atoms. The highest BCUT2D eigenvalue weighted by atomic mass is 16.5. The van der Waals surface area contributed by atoms with Gasteiger partial charge in [-0.1, -0.05) is 57.1 Å². The molecule has 158 valence electrons. The highest BCUT2D eigenvalue weighted by molar-refractivity contribution is 5.69. The molecule has 0 aromatic carbocycles. The fourth-order valence-electron chi connectivity index (χ4n) is 3.30. The molecule has 2 N–H and O–H groups in total. The molecule has 1 aliphatic carbocycles. The van der Waals surface area contributed by atoms with Crippen molar-refractivity contribution in [2.75, 3.05) is 0 Å². The van der Waals surface area contributed by atoms with E-state index in [2.05, 4.69) is 13.0 Å². The van der Waals surface area contributed by atoms with Crippen LogP contribution in [-0.4, -0.2) is 34.4 Å². The van der Waals surface area contributed by atoms with E-state index in [1.54, 1.807) is 6.92 Å². The Morgan fingerprint density at radius 3 is 2.61 bits per heavy atom. The molecule has 5 heteroatoms. The SMILES string of the molecule is CCCCC[C@@H](/C=C/[C@H]1C(O)C=C[C@@H]1C/C=C\CCCC(=O)O)OC(=O)CC. The highest BCUT2D eigenvalue weighted by Gasteiger charge is 2.27. The Bertz CT molecular complexity index is 549. The molecule has 0 radical (unpaired) electrons. The van der Waals surface area contributed by atoms with Gasteiger partial charge in [-0.3, -0.25) is 9.59 Å². The van der Waals surface area contributed by atoms with Gasteiger partial charge in [-0.15, -0.1) is 0 Å². The molecule has 0 saturated heterocycles. The number of carbonyl (C=O) groups excluding carboxylic acids is 1. The maximum atomic E-state index is 11.7. The van der Waals surface area contributed by atoms with E-state index >= 15 is 0 Å². The summed E-state index contributed by atoms with van der Waals surface area (Å²) in [5.41, 5.74) is 0. The zero-order valence-electron chi connectivity index (χ0n) is 17.3. The van der Waals surface area contributed by atoms with E-state index in [-0.39, 0.29) is 30.3 Å². The Morgan fingerprint density at radius 2 is 1.93 bits per heavy atom. The molecular weight excluding hydrogens is 356 g/mol. The van der Waals surface area contributed by atoms with Gasteiger partial charge in [0.15, 0.2) is 0 Å². The van der Waals surface area contributed by atoms with Gasteiger partial charge in [-0.25, -0.2) is 0 Å². The van der Waals surface area contributed by atoms with Crippen molar-refractivity contribution in [1.82, 2.24) is 0 Å². The summed E-state index contributed by atoms with van der Waals surface area (Å²) in [5, 5.41) is 18.9. The normalized spacial score (nSPS) is 22.9. The van der Waals surface area contributed by atoms with Gasteiger partial charge in [0.1, 0.15) is 6.10 Å². The largest absolute Gasteiger partial charge is 0.481 e. The molecule has 1 aliphatic rings. The Labute approximate surface area is 169 Å². The van der Waals surface area contributed by atoms with Crippen LogP contribution in [0.15, 0.2) is 36.5 Å². The number of hydrogen-bond donors (Lipinski definition) is 2. The molecule has 0 amide bonds. The Balaban J connectivity index is 2.58. The maximum absolute atomic E-state index is 11.7. The van der Waals surface area contributed by atoms with Crippen LogP contribution in [0.4, 0.5) is 0 Å². The van der Waals surface area contributed by atoms with E-state index < -0.39 is 12.1 Å². The van der Waals surface area contributed by atoms with E-state index in [1.165, 1.54) is 0 Å². The minimum Gasteiger partial charge on any atom is -0.481 e. The molecule has 0 saturated carbocycles. The summed E-state index contributed by atoms with van der Waals surface area (Å²) in [6.45, 7) is 3.93. The number of hydrogen-bond acceptors (Lipinski definition) is 4. The number of carbonyl (C=O) groups is 2. The first-order chi connectivity index (χ1) is 13.5. The average molecular weight is 393 g/mol. The molecule has 5 nitrogen and oxygen atoms in total. The van der Waals surface area contributed by atoms with Gasteiger partial charge in [0.2, 0.25) is 0 Å². The first-order valence-electron chi connectivity index (χ1n) is 10.6. The van der Waals surface area contributed by atoms with Crippen LogP contribution in [0.1, 0.15) is 71.6 Å². The summed E-state index contributed by atoms with van der Waals surface area (Å²) < 4.78 is 5.53. The summed E-state index contributed by atoms with van der Waals surface area (Å²) in [5.74, 6) is -0.799. The van der Waals surface area contributed by atoms with Crippen molar-refractivity contribution < 1.29 is 24.5 Å². The summed E-state index contributed by atoms with van der Waals surface area (Å²) >= 11 is 0. The molecule has 28 heavy (non-hydrogen) atoms.